The van der Waals surface area contributed by atoms with Crippen LogP contribution in [0.2, 0.25) is 5.02 Å². The van der Waals surface area contributed by atoms with Crippen molar-refractivity contribution in [3.63, 3.8) is 0 Å². The fraction of sp³-hybridized carbons (Fsp3) is 0.458. The molecule has 2 aromatic rings. The first-order chi connectivity index (χ1) is 15.2. The number of aromatic nitrogens is 1. The number of anilines is 1. The smallest absolute Gasteiger partial charge is 0.255 e. The molecule has 8 heteroatoms. The quantitative estimate of drug-likeness (QED) is 0.722. The number of aliphatic hydroxyl groups is 1. The Kier molecular flexibility index (Phi) is 6.51. The van der Waals surface area contributed by atoms with Crippen molar-refractivity contribution < 1.29 is 14.7 Å². The third-order valence-corrected chi connectivity index (χ3v) is 6.99. The van der Waals surface area contributed by atoms with E-state index >= 15 is 0 Å². The van der Waals surface area contributed by atoms with Crippen LogP contribution in [0.4, 0.5) is 5.69 Å². The molecule has 7 nitrogen and oxygen atoms in total. The van der Waals surface area contributed by atoms with Gasteiger partial charge in [-0.2, -0.15) is 0 Å². The number of fused-ring (bicyclic) bond motifs is 1. The molecule has 2 aliphatic rings. The van der Waals surface area contributed by atoms with Crippen LogP contribution in [0.1, 0.15) is 27.2 Å². The summed E-state index contributed by atoms with van der Waals surface area (Å²) in [5, 5.41) is 13.7. The number of nitrogens with one attached hydrogen (secondary N) is 1. The van der Waals surface area contributed by atoms with Crippen molar-refractivity contribution in [3.05, 3.63) is 57.9 Å². The van der Waals surface area contributed by atoms with Gasteiger partial charge < -0.3 is 15.3 Å². The van der Waals surface area contributed by atoms with Crippen LogP contribution in [0.5, 0.6) is 0 Å². The fourth-order valence-electron chi connectivity index (χ4n) is 4.80. The number of benzene rings is 1. The van der Waals surface area contributed by atoms with Gasteiger partial charge in [0.1, 0.15) is 6.10 Å². The average molecular weight is 457 g/mol. The van der Waals surface area contributed by atoms with Gasteiger partial charge in [-0.05, 0) is 61.9 Å². The van der Waals surface area contributed by atoms with Crippen molar-refractivity contribution in [2.75, 3.05) is 38.0 Å². The minimum absolute atomic E-state index is 0.0465. The van der Waals surface area contributed by atoms with Gasteiger partial charge in [-0.1, -0.05) is 17.7 Å². The number of carbonyl (C=O) groups excluding carboxylic acids is 2. The van der Waals surface area contributed by atoms with Gasteiger partial charge in [0.05, 0.1) is 11.3 Å². The number of hydrogen-bond donors (Lipinski definition) is 2. The summed E-state index contributed by atoms with van der Waals surface area (Å²) in [5.74, 6) is 0.302. The Morgan fingerprint density at radius 2 is 1.81 bits per heavy atom. The number of pyridine rings is 1. The molecule has 3 unspecified atom stereocenters. The summed E-state index contributed by atoms with van der Waals surface area (Å²) in [4.78, 5) is 33.8. The number of nitrogens with zero attached hydrogens (tertiary/aromatic N) is 3. The van der Waals surface area contributed by atoms with Crippen molar-refractivity contribution in [3.8, 4) is 0 Å². The van der Waals surface area contributed by atoms with Crippen molar-refractivity contribution in [1.29, 1.82) is 0 Å². The Hall–Kier alpha value is -2.48. The standard InChI is InChI=1S/C24H29ClN4O3/c1-14-4-5-19(8-20(14)25)27-23(31)21(30)13-28-9-17-11-29(12-18(17)10-28)24(32)22-15(2)6-7-26-16(22)3/h4-8,17-18,21,30H,9-13H2,1-3H3,(H,27,31). The molecule has 2 aliphatic heterocycles. The second-order valence-corrected chi connectivity index (χ2v) is 9.41. The molecule has 0 spiro atoms. The molecule has 0 radical (unpaired) electrons. The van der Waals surface area contributed by atoms with Crippen LogP contribution < -0.4 is 5.32 Å². The van der Waals surface area contributed by atoms with E-state index in [1.54, 1.807) is 18.3 Å². The van der Waals surface area contributed by atoms with Crippen LogP contribution in [0, 0.1) is 32.6 Å². The number of hydrogen-bond acceptors (Lipinski definition) is 5. The molecule has 4 rings (SSSR count). The van der Waals surface area contributed by atoms with E-state index in [9.17, 15) is 14.7 Å². The minimum atomic E-state index is -1.13. The SMILES string of the molecule is Cc1ccc(NC(=O)C(O)CN2CC3CN(C(=O)c4c(C)ccnc4C)CC3C2)cc1Cl. The van der Waals surface area contributed by atoms with E-state index in [4.69, 9.17) is 11.6 Å². The number of rotatable bonds is 5. The lowest BCUT2D eigenvalue weighted by Crippen LogP contribution is -2.40. The summed E-state index contributed by atoms with van der Waals surface area (Å²) in [7, 11) is 0. The highest BCUT2D eigenvalue weighted by molar-refractivity contribution is 6.31. The molecular formula is C24H29ClN4O3. The highest BCUT2D eigenvalue weighted by Crippen LogP contribution is 2.32. The van der Waals surface area contributed by atoms with E-state index < -0.39 is 12.0 Å². The predicted octanol–water partition coefficient (Wildman–Crippen LogP) is 2.66. The van der Waals surface area contributed by atoms with Crippen molar-refractivity contribution in [2.24, 2.45) is 11.8 Å². The van der Waals surface area contributed by atoms with Gasteiger partial charge in [0, 0.05) is 49.6 Å². The van der Waals surface area contributed by atoms with Crippen LogP contribution >= 0.6 is 11.6 Å². The number of amides is 2. The predicted molar refractivity (Wildman–Crippen MR) is 124 cm³/mol. The molecule has 2 amide bonds. The normalized spacial score (nSPS) is 21.5. The molecule has 3 atom stereocenters. The van der Waals surface area contributed by atoms with E-state index in [0.29, 0.717) is 41.2 Å². The summed E-state index contributed by atoms with van der Waals surface area (Å²) < 4.78 is 0. The maximum absolute atomic E-state index is 13.1. The first kappa shape index (κ1) is 22.7. The molecule has 0 aliphatic carbocycles. The summed E-state index contributed by atoms with van der Waals surface area (Å²) in [5.41, 5.74) is 3.91. The summed E-state index contributed by atoms with van der Waals surface area (Å²) in [6.45, 7) is 8.89. The van der Waals surface area contributed by atoms with Crippen LogP contribution in [0.25, 0.3) is 0 Å². The zero-order valence-electron chi connectivity index (χ0n) is 18.6. The largest absolute Gasteiger partial charge is 0.382 e. The van der Waals surface area contributed by atoms with Crippen molar-refractivity contribution >= 4 is 29.1 Å². The number of halogens is 1. The van der Waals surface area contributed by atoms with Gasteiger partial charge in [0.15, 0.2) is 0 Å². The van der Waals surface area contributed by atoms with Crippen molar-refractivity contribution in [2.45, 2.75) is 26.9 Å². The number of aliphatic hydroxyl groups excluding tert-OH is 1. The molecule has 3 heterocycles. The molecule has 2 saturated heterocycles. The number of β-amino-alcohol motifs (C(OH)–C–C–N with tert-alkyl or cyclic N) is 1. The van der Waals surface area contributed by atoms with E-state index in [1.807, 2.05) is 37.8 Å². The van der Waals surface area contributed by atoms with Gasteiger partial charge >= 0.3 is 0 Å². The third-order valence-electron chi connectivity index (χ3n) is 6.58. The molecule has 2 fully saturated rings. The Morgan fingerprint density at radius 1 is 1.12 bits per heavy atom. The van der Waals surface area contributed by atoms with E-state index in [-0.39, 0.29) is 12.5 Å². The molecule has 1 aromatic carbocycles. The lowest BCUT2D eigenvalue weighted by molar-refractivity contribution is -0.124. The lowest BCUT2D eigenvalue weighted by atomic mass is 10.0. The Bertz CT molecular complexity index is 1010. The van der Waals surface area contributed by atoms with Gasteiger partial charge in [-0.15, -0.1) is 0 Å². The summed E-state index contributed by atoms with van der Waals surface area (Å²) >= 11 is 6.11. The second kappa shape index (κ2) is 9.17. The van der Waals surface area contributed by atoms with Crippen LogP contribution in [-0.2, 0) is 4.79 Å². The highest BCUT2D eigenvalue weighted by Gasteiger charge is 2.42. The van der Waals surface area contributed by atoms with Gasteiger partial charge in [-0.3, -0.25) is 19.5 Å². The summed E-state index contributed by atoms with van der Waals surface area (Å²) in [6.07, 6.45) is 0.597. The minimum Gasteiger partial charge on any atom is -0.382 e. The van der Waals surface area contributed by atoms with Gasteiger partial charge in [0.25, 0.3) is 11.8 Å². The monoisotopic (exact) mass is 456 g/mol. The second-order valence-electron chi connectivity index (χ2n) is 9.01. The van der Waals surface area contributed by atoms with E-state index in [2.05, 4.69) is 15.2 Å². The number of aryl methyl sites for hydroxylation is 3. The number of likely N-dealkylation sites (tertiary alicyclic amines) is 2. The zero-order chi connectivity index (χ0) is 23.0. The first-order valence-corrected chi connectivity index (χ1v) is 11.3. The van der Waals surface area contributed by atoms with Crippen LogP contribution in [-0.4, -0.2) is 70.5 Å². The zero-order valence-corrected chi connectivity index (χ0v) is 19.4. The molecular weight excluding hydrogens is 428 g/mol. The Labute approximate surface area is 193 Å². The maximum atomic E-state index is 13.1. The van der Waals surface area contributed by atoms with Crippen LogP contribution in [0.3, 0.4) is 0 Å². The first-order valence-electron chi connectivity index (χ1n) is 10.9. The van der Waals surface area contributed by atoms with Gasteiger partial charge in [-0.25, -0.2) is 0 Å². The van der Waals surface area contributed by atoms with Crippen molar-refractivity contribution in [1.82, 2.24) is 14.8 Å². The van der Waals surface area contributed by atoms with Gasteiger partial charge in [0.2, 0.25) is 0 Å². The Balaban J connectivity index is 1.30. The summed E-state index contributed by atoms with van der Waals surface area (Å²) in [6, 6.07) is 7.14. The van der Waals surface area contributed by atoms with Crippen LogP contribution in [0.15, 0.2) is 30.5 Å². The molecule has 0 bridgehead atoms. The third kappa shape index (κ3) is 4.65. The topological polar surface area (TPSA) is 85.8 Å². The molecule has 0 saturated carbocycles. The molecule has 1 aromatic heterocycles. The maximum Gasteiger partial charge on any atom is 0.255 e. The molecule has 2 N–H and O–H groups in total. The number of carbonyl (C=O) groups is 2. The lowest BCUT2D eigenvalue weighted by Gasteiger charge is -2.24. The van der Waals surface area contributed by atoms with E-state index in [1.165, 1.54) is 0 Å². The fourth-order valence-corrected chi connectivity index (χ4v) is 4.99. The molecule has 32 heavy (non-hydrogen) atoms. The molecule has 170 valence electrons. The highest BCUT2D eigenvalue weighted by atomic mass is 35.5. The van der Waals surface area contributed by atoms with E-state index in [0.717, 1.165) is 29.9 Å². The average Bonchev–Trinajstić information content (AvgIpc) is 3.29. The Morgan fingerprint density at radius 3 is 2.44 bits per heavy atom.